The number of benzene rings is 1. The summed E-state index contributed by atoms with van der Waals surface area (Å²) in [6.07, 6.45) is -0.000342. The number of hydrogen-bond donors (Lipinski definition) is 1. The van der Waals surface area contributed by atoms with Crippen LogP contribution in [0.25, 0.3) is 0 Å². The van der Waals surface area contributed by atoms with Gasteiger partial charge < -0.3 is 15.0 Å². The third-order valence-electron chi connectivity index (χ3n) is 2.80. The average Bonchev–Trinajstić information content (AvgIpc) is 2.84. The molecule has 7 heteroatoms. The lowest BCUT2D eigenvalue weighted by Crippen LogP contribution is -2.39. The maximum atomic E-state index is 13.5. The van der Waals surface area contributed by atoms with E-state index in [0.717, 1.165) is 6.07 Å². The number of ether oxygens (including phenoxy) is 1. The first-order valence-electron chi connectivity index (χ1n) is 5.98. The van der Waals surface area contributed by atoms with Crippen molar-refractivity contribution in [3.05, 3.63) is 47.1 Å². The SMILES string of the molecule is COCC(C)(N)c1noc(Cc2cccc(F)c2F)n1. The maximum absolute atomic E-state index is 13.5. The molecule has 5 nitrogen and oxygen atoms in total. The Balaban J connectivity index is 2.20. The van der Waals surface area contributed by atoms with Gasteiger partial charge in [-0.1, -0.05) is 17.3 Å². The Hall–Kier alpha value is -1.86. The van der Waals surface area contributed by atoms with Crippen LogP contribution in [0.1, 0.15) is 24.2 Å². The number of nitrogens with two attached hydrogens (primary N) is 1. The Labute approximate surface area is 114 Å². The van der Waals surface area contributed by atoms with E-state index in [1.807, 2.05) is 0 Å². The van der Waals surface area contributed by atoms with Crippen molar-refractivity contribution in [2.24, 2.45) is 5.73 Å². The molecule has 1 unspecified atom stereocenters. The Morgan fingerprint density at radius 1 is 1.40 bits per heavy atom. The van der Waals surface area contributed by atoms with Crippen LogP contribution in [0.2, 0.25) is 0 Å². The summed E-state index contributed by atoms with van der Waals surface area (Å²) in [4.78, 5) is 4.09. The lowest BCUT2D eigenvalue weighted by molar-refractivity contribution is 0.135. The van der Waals surface area contributed by atoms with Crippen molar-refractivity contribution < 1.29 is 18.0 Å². The van der Waals surface area contributed by atoms with E-state index in [-0.39, 0.29) is 30.3 Å². The standard InChI is InChI=1S/C13H15F2N3O2/c1-13(16,7-19-2)12-17-10(20-18-12)6-8-4-3-5-9(14)11(8)15/h3-5H,6-7,16H2,1-2H3. The summed E-state index contributed by atoms with van der Waals surface area (Å²) >= 11 is 0. The molecule has 0 aliphatic rings. The van der Waals surface area contributed by atoms with Gasteiger partial charge in [-0.3, -0.25) is 0 Å². The number of nitrogens with zero attached hydrogens (tertiary/aromatic N) is 2. The normalized spacial score (nSPS) is 14.2. The molecule has 0 spiro atoms. The van der Waals surface area contributed by atoms with E-state index in [4.69, 9.17) is 15.0 Å². The van der Waals surface area contributed by atoms with Crippen molar-refractivity contribution in [3.8, 4) is 0 Å². The molecule has 0 bridgehead atoms. The van der Waals surface area contributed by atoms with E-state index >= 15 is 0 Å². The van der Waals surface area contributed by atoms with Crippen LogP contribution < -0.4 is 5.73 Å². The molecule has 2 aromatic rings. The van der Waals surface area contributed by atoms with Crippen LogP contribution in [0, 0.1) is 11.6 Å². The predicted molar refractivity (Wildman–Crippen MR) is 66.9 cm³/mol. The van der Waals surface area contributed by atoms with E-state index < -0.39 is 17.2 Å². The summed E-state index contributed by atoms with van der Waals surface area (Å²) < 4.78 is 36.6. The molecule has 108 valence electrons. The highest BCUT2D eigenvalue weighted by Crippen LogP contribution is 2.18. The van der Waals surface area contributed by atoms with Crippen molar-refractivity contribution in [3.63, 3.8) is 0 Å². The van der Waals surface area contributed by atoms with Crippen molar-refractivity contribution in [1.82, 2.24) is 10.1 Å². The highest BCUT2D eigenvalue weighted by Gasteiger charge is 2.27. The minimum atomic E-state index is -0.917. The van der Waals surface area contributed by atoms with Crippen LogP contribution in [0.3, 0.4) is 0 Å². The number of rotatable bonds is 5. The van der Waals surface area contributed by atoms with Gasteiger partial charge >= 0.3 is 0 Å². The second-order valence-corrected chi connectivity index (χ2v) is 4.75. The Morgan fingerprint density at radius 3 is 2.85 bits per heavy atom. The van der Waals surface area contributed by atoms with Gasteiger partial charge in [0.1, 0.15) is 5.54 Å². The summed E-state index contributed by atoms with van der Waals surface area (Å²) in [5.74, 6) is -1.41. The fraction of sp³-hybridized carbons (Fsp3) is 0.385. The summed E-state index contributed by atoms with van der Waals surface area (Å²) in [6.45, 7) is 1.90. The molecular weight excluding hydrogens is 268 g/mol. The smallest absolute Gasteiger partial charge is 0.231 e. The zero-order valence-electron chi connectivity index (χ0n) is 11.2. The fourth-order valence-electron chi connectivity index (χ4n) is 1.77. The molecule has 0 aliphatic carbocycles. The molecule has 1 atom stereocenters. The molecule has 0 radical (unpaired) electrons. The maximum Gasteiger partial charge on any atom is 0.231 e. The van der Waals surface area contributed by atoms with Gasteiger partial charge in [-0.2, -0.15) is 4.98 Å². The Bertz CT molecular complexity index is 599. The van der Waals surface area contributed by atoms with Crippen LogP contribution in [-0.4, -0.2) is 23.9 Å². The zero-order valence-corrected chi connectivity index (χ0v) is 11.2. The predicted octanol–water partition coefficient (Wildman–Crippen LogP) is 1.76. The van der Waals surface area contributed by atoms with E-state index in [1.165, 1.54) is 19.2 Å². The Morgan fingerprint density at radius 2 is 2.15 bits per heavy atom. The molecule has 0 aliphatic heterocycles. The van der Waals surface area contributed by atoms with Crippen LogP contribution in [0.5, 0.6) is 0 Å². The van der Waals surface area contributed by atoms with Gasteiger partial charge in [-0.25, -0.2) is 8.78 Å². The van der Waals surface area contributed by atoms with Crippen LogP contribution in [-0.2, 0) is 16.7 Å². The van der Waals surface area contributed by atoms with E-state index in [9.17, 15) is 8.78 Å². The molecule has 1 aromatic carbocycles. The van der Waals surface area contributed by atoms with Crippen LogP contribution in [0.15, 0.2) is 22.7 Å². The molecule has 2 N–H and O–H groups in total. The minimum Gasteiger partial charge on any atom is -0.382 e. The van der Waals surface area contributed by atoms with Crippen molar-refractivity contribution in [2.75, 3.05) is 13.7 Å². The molecular formula is C13H15F2N3O2. The molecule has 0 saturated heterocycles. The van der Waals surface area contributed by atoms with E-state index in [0.29, 0.717) is 0 Å². The van der Waals surface area contributed by atoms with Gasteiger partial charge in [0.15, 0.2) is 17.5 Å². The fourth-order valence-corrected chi connectivity index (χ4v) is 1.77. The summed E-state index contributed by atoms with van der Waals surface area (Å²) in [7, 11) is 1.51. The summed E-state index contributed by atoms with van der Waals surface area (Å²) in [5.41, 5.74) is 5.20. The quantitative estimate of drug-likeness (QED) is 0.905. The van der Waals surface area contributed by atoms with Crippen molar-refractivity contribution >= 4 is 0 Å². The second-order valence-electron chi connectivity index (χ2n) is 4.75. The molecule has 0 fully saturated rings. The highest BCUT2D eigenvalue weighted by molar-refractivity contribution is 5.22. The largest absolute Gasteiger partial charge is 0.382 e. The minimum absolute atomic E-state index is 0.000342. The lowest BCUT2D eigenvalue weighted by atomic mass is 10.1. The summed E-state index contributed by atoms with van der Waals surface area (Å²) in [5, 5.41) is 3.75. The molecule has 0 saturated carbocycles. The second kappa shape index (κ2) is 5.64. The van der Waals surface area contributed by atoms with Gasteiger partial charge in [0.05, 0.1) is 13.0 Å². The van der Waals surface area contributed by atoms with E-state index in [1.54, 1.807) is 6.92 Å². The van der Waals surface area contributed by atoms with Gasteiger partial charge in [0.25, 0.3) is 0 Å². The third-order valence-corrected chi connectivity index (χ3v) is 2.80. The lowest BCUT2D eigenvalue weighted by Gasteiger charge is -2.18. The highest BCUT2D eigenvalue weighted by atomic mass is 19.2. The summed E-state index contributed by atoms with van der Waals surface area (Å²) in [6, 6.07) is 3.93. The molecule has 0 amide bonds. The van der Waals surface area contributed by atoms with Gasteiger partial charge in [-0.15, -0.1) is 0 Å². The number of halogens is 2. The topological polar surface area (TPSA) is 74.2 Å². The molecule has 1 heterocycles. The zero-order chi connectivity index (χ0) is 14.8. The van der Waals surface area contributed by atoms with Crippen molar-refractivity contribution in [1.29, 1.82) is 0 Å². The molecule has 20 heavy (non-hydrogen) atoms. The van der Waals surface area contributed by atoms with Crippen molar-refractivity contribution in [2.45, 2.75) is 18.9 Å². The van der Waals surface area contributed by atoms with E-state index in [2.05, 4.69) is 10.1 Å². The number of methoxy groups -OCH3 is 1. The van der Waals surface area contributed by atoms with Gasteiger partial charge in [-0.05, 0) is 13.0 Å². The van der Waals surface area contributed by atoms with Gasteiger partial charge in [0.2, 0.25) is 5.89 Å². The molecule has 1 aromatic heterocycles. The Kier molecular flexibility index (Phi) is 4.10. The van der Waals surface area contributed by atoms with Crippen LogP contribution in [0.4, 0.5) is 8.78 Å². The first-order chi connectivity index (χ1) is 9.44. The number of hydrogen-bond acceptors (Lipinski definition) is 5. The van der Waals surface area contributed by atoms with Crippen LogP contribution >= 0.6 is 0 Å². The number of aromatic nitrogens is 2. The average molecular weight is 283 g/mol. The first-order valence-corrected chi connectivity index (χ1v) is 5.98. The first kappa shape index (κ1) is 14.5. The third kappa shape index (κ3) is 3.00. The molecule has 2 rings (SSSR count). The van der Waals surface area contributed by atoms with Gasteiger partial charge in [0, 0.05) is 12.7 Å². The monoisotopic (exact) mass is 283 g/mol.